The molecule has 3 saturated carbocycles. The van der Waals surface area contributed by atoms with Crippen LogP contribution in [0.2, 0.25) is 0 Å². The van der Waals surface area contributed by atoms with Gasteiger partial charge in [-0.15, -0.1) is 0 Å². The van der Waals surface area contributed by atoms with Crippen molar-refractivity contribution >= 4 is 34.1 Å². The summed E-state index contributed by atoms with van der Waals surface area (Å²) in [5.74, 6) is 0.948. The first-order chi connectivity index (χ1) is 17.3. The fourth-order valence-corrected chi connectivity index (χ4v) is 6.31. The number of aryl methyl sites for hydroxylation is 1. The van der Waals surface area contributed by atoms with Crippen LogP contribution in [0, 0.1) is 12.8 Å². The first-order valence-corrected chi connectivity index (χ1v) is 13.1. The molecule has 1 N–H and O–H groups in total. The number of carbonyl (C=O) groups excluding carboxylic acids is 1. The molecular weight excluding hydrogens is 452 g/mol. The number of pyridine rings is 1. The number of ketones is 1. The van der Waals surface area contributed by atoms with E-state index in [4.69, 9.17) is 4.98 Å². The van der Waals surface area contributed by atoms with Crippen molar-refractivity contribution in [2.75, 3.05) is 36.4 Å². The number of nitrogens with one attached hydrogen (secondary N) is 1. The average Bonchev–Trinajstić information content (AvgIpc) is 2.80. The van der Waals surface area contributed by atoms with E-state index in [0.29, 0.717) is 29.1 Å². The predicted octanol–water partition coefficient (Wildman–Crippen LogP) is 4.09. The summed E-state index contributed by atoms with van der Waals surface area (Å²) in [6.45, 7) is 12.0. The molecule has 0 atom stereocenters. The molecule has 7 rings (SSSR count). The minimum absolute atomic E-state index is 0.190. The first-order valence-electron chi connectivity index (χ1n) is 13.1. The highest BCUT2D eigenvalue weighted by atomic mass is 16.1. The van der Waals surface area contributed by atoms with Crippen LogP contribution in [-0.2, 0) is 5.54 Å². The molecule has 0 radical (unpaired) electrons. The SMILES string of the molecule is CC(=O)c1c(C)c2cnc(Nc3ccc(N4CCN(C(C)C)CC4)cc3)nc2n(C23CC(C2)C3)c1=O. The van der Waals surface area contributed by atoms with Gasteiger partial charge in [-0.3, -0.25) is 19.1 Å². The molecule has 2 aromatic heterocycles. The van der Waals surface area contributed by atoms with Gasteiger partial charge in [-0.05, 0) is 82.7 Å². The number of Topliss-reactive ketones (excluding diaryl/α,β-unsaturated/α-hetero) is 1. The third kappa shape index (κ3) is 3.61. The number of piperazine rings is 1. The maximum Gasteiger partial charge on any atom is 0.263 e. The first kappa shape index (κ1) is 23.2. The summed E-state index contributed by atoms with van der Waals surface area (Å²) in [6, 6.07) is 8.96. The van der Waals surface area contributed by atoms with Crippen LogP contribution in [0.25, 0.3) is 11.0 Å². The smallest absolute Gasteiger partial charge is 0.263 e. The van der Waals surface area contributed by atoms with Gasteiger partial charge < -0.3 is 10.2 Å². The number of aromatic nitrogens is 3. The maximum absolute atomic E-state index is 13.5. The molecular formula is C28H34N6O2. The van der Waals surface area contributed by atoms with Crippen LogP contribution in [0.1, 0.15) is 56.0 Å². The predicted molar refractivity (Wildman–Crippen MR) is 143 cm³/mol. The van der Waals surface area contributed by atoms with E-state index < -0.39 is 0 Å². The lowest BCUT2D eigenvalue weighted by atomic mass is 9.49. The summed E-state index contributed by atoms with van der Waals surface area (Å²) < 4.78 is 1.80. The number of hydrogen-bond donors (Lipinski definition) is 1. The second kappa shape index (κ2) is 8.40. The van der Waals surface area contributed by atoms with Crippen molar-refractivity contribution in [3.63, 3.8) is 0 Å². The third-order valence-electron chi connectivity index (χ3n) is 8.54. The Morgan fingerprint density at radius 3 is 2.31 bits per heavy atom. The van der Waals surface area contributed by atoms with E-state index in [1.54, 1.807) is 10.8 Å². The lowest BCUT2D eigenvalue weighted by Gasteiger charge is -2.62. The third-order valence-corrected chi connectivity index (χ3v) is 8.54. The van der Waals surface area contributed by atoms with Crippen molar-refractivity contribution < 1.29 is 4.79 Å². The quantitative estimate of drug-likeness (QED) is 0.526. The molecule has 4 aliphatic rings. The van der Waals surface area contributed by atoms with Crippen LogP contribution in [0.5, 0.6) is 0 Å². The van der Waals surface area contributed by atoms with Crippen LogP contribution in [0.4, 0.5) is 17.3 Å². The largest absolute Gasteiger partial charge is 0.369 e. The number of hydrogen-bond acceptors (Lipinski definition) is 7. The van der Waals surface area contributed by atoms with E-state index >= 15 is 0 Å². The minimum atomic E-state index is -0.211. The molecule has 8 nitrogen and oxygen atoms in total. The van der Waals surface area contributed by atoms with Gasteiger partial charge in [0.1, 0.15) is 5.65 Å². The zero-order valence-corrected chi connectivity index (χ0v) is 21.5. The Labute approximate surface area is 211 Å². The Balaban J connectivity index is 1.29. The van der Waals surface area contributed by atoms with Gasteiger partial charge in [0.05, 0.1) is 11.1 Å². The van der Waals surface area contributed by atoms with Gasteiger partial charge in [-0.1, -0.05) is 0 Å². The number of fused-ring (bicyclic) bond motifs is 1. The van der Waals surface area contributed by atoms with Gasteiger partial charge in [0.25, 0.3) is 5.56 Å². The van der Waals surface area contributed by atoms with Crippen LogP contribution in [0.3, 0.4) is 0 Å². The molecule has 4 fully saturated rings. The Morgan fingerprint density at radius 2 is 1.75 bits per heavy atom. The highest BCUT2D eigenvalue weighted by Crippen LogP contribution is 2.62. The molecule has 3 heterocycles. The number of benzene rings is 1. The van der Waals surface area contributed by atoms with Crippen molar-refractivity contribution in [1.82, 2.24) is 19.4 Å². The van der Waals surface area contributed by atoms with Crippen molar-refractivity contribution in [2.45, 2.75) is 58.5 Å². The van der Waals surface area contributed by atoms with Gasteiger partial charge in [-0.25, -0.2) is 4.98 Å². The number of rotatable bonds is 6. The number of nitrogens with zero attached hydrogens (tertiary/aromatic N) is 5. The Morgan fingerprint density at radius 1 is 1.08 bits per heavy atom. The summed E-state index contributed by atoms with van der Waals surface area (Å²) >= 11 is 0. The summed E-state index contributed by atoms with van der Waals surface area (Å²) in [7, 11) is 0. The summed E-state index contributed by atoms with van der Waals surface area (Å²) in [5, 5.41) is 4.09. The van der Waals surface area contributed by atoms with E-state index in [0.717, 1.165) is 56.5 Å². The maximum atomic E-state index is 13.5. The lowest BCUT2D eigenvalue weighted by molar-refractivity contribution is -0.0884. The van der Waals surface area contributed by atoms with E-state index in [1.807, 2.05) is 6.92 Å². The minimum Gasteiger partial charge on any atom is -0.369 e. The topological polar surface area (TPSA) is 83.4 Å². The Kier molecular flexibility index (Phi) is 5.41. The van der Waals surface area contributed by atoms with E-state index in [-0.39, 0.29) is 22.4 Å². The molecule has 8 heteroatoms. The van der Waals surface area contributed by atoms with Gasteiger partial charge in [-0.2, -0.15) is 4.98 Å². The van der Waals surface area contributed by atoms with Gasteiger partial charge in [0, 0.05) is 55.2 Å². The van der Waals surface area contributed by atoms with Crippen molar-refractivity contribution in [3.8, 4) is 0 Å². The standard InChI is InChI=1S/C28H34N6O2/c1-17(2)32-9-11-33(12-10-32)22-7-5-21(6-8-22)30-27-29-16-23-18(3)24(19(4)35)26(36)34(25(23)31-27)28-13-20(14-28)15-28/h5-8,16-17,20H,9-15H2,1-4H3,(H,29,30,31). The molecule has 3 aliphatic carbocycles. The van der Waals surface area contributed by atoms with E-state index in [1.165, 1.54) is 12.6 Å². The molecule has 0 spiro atoms. The molecule has 0 amide bonds. The average molecular weight is 487 g/mol. The molecule has 2 bridgehead atoms. The summed E-state index contributed by atoms with van der Waals surface area (Å²) in [5.41, 5.74) is 3.27. The Bertz CT molecular complexity index is 1390. The highest BCUT2D eigenvalue weighted by Gasteiger charge is 2.59. The van der Waals surface area contributed by atoms with Gasteiger partial charge in [0.15, 0.2) is 5.78 Å². The van der Waals surface area contributed by atoms with Crippen LogP contribution >= 0.6 is 0 Å². The number of anilines is 3. The fourth-order valence-electron chi connectivity index (χ4n) is 6.31. The summed E-state index contributed by atoms with van der Waals surface area (Å²) in [6.07, 6.45) is 4.71. The monoisotopic (exact) mass is 486 g/mol. The molecule has 3 aromatic rings. The molecule has 1 aromatic carbocycles. The summed E-state index contributed by atoms with van der Waals surface area (Å²) in [4.78, 5) is 40.1. The lowest BCUT2D eigenvalue weighted by Crippen LogP contribution is -2.62. The van der Waals surface area contributed by atoms with Gasteiger partial charge >= 0.3 is 0 Å². The molecule has 188 valence electrons. The van der Waals surface area contributed by atoms with Crippen LogP contribution < -0.4 is 15.8 Å². The normalized spacial score (nSPS) is 23.5. The van der Waals surface area contributed by atoms with E-state index in [2.05, 4.69) is 58.2 Å². The molecule has 1 aliphatic heterocycles. The van der Waals surface area contributed by atoms with Crippen LogP contribution in [0.15, 0.2) is 35.3 Å². The highest BCUT2D eigenvalue weighted by molar-refractivity contribution is 5.99. The second-order valence-corrected chi connectivity index (χ2v) is 11.1. The van der Waals surface area contributed by atoms with Crippen LogP contribution in [-0.4, -0.2) is 57.4 Å². The second-order valence-electron chi connectivity index (χ2n) is 11.1. The van der Waals surface area contributed by atoms with Crippen molar-refractivity contribution in [1.29, 1.82) is 0 Å². The molecule has 0 unspecified atom stereocenters. The van der Waals surface area contributed by atoms with Crippen molar-refractivity contribution in [2.24, 2.45) is 5.92 Å². The fraction of sp³-hybridized carbons (Fsp3) is 0.500. The Hall–Kier alpha value is -3.26. The van der Waals surface area contributed by atoms with E-state index in [9.17, 15) is 9.59 Å². The molecule has 36 heavy (non-hydrogen) atoms. The zero-order chi connectivity index (χ0) is 25.2. The number of carbonyl (C=O) groups is 1. The van der Waals surface area contributed by atoms with Crippen molar-refractivity contribution in [3.05, 3.63) is 51.9 Å². The van der Waals surface area contributed by atoms with Gasteiger partial charge in [0.2, 0.25) is 5.95 Å². The molecule has 1 saturated heterocycles. The zero-order valence-electron chi connectivity index (χ0n) is 21.5.